The van der Waals surface area contributed by atoms with Crippen molar-refractivity contribution in [2.75, 3.05) is 14.2 Å². The van der Waals surface area contributed by atoms with E-state index in [-0.39, 0.29) is 22.8 Å². The topological polar surface area (TPSA) is 71.5 Å². The number of carbonyl (C=O) groups is 1. The Morgan fingerprint density at radius 2 is 1.96 bits per heavy atom. The van der Waals surface area contributed by atoms with Gasteiger partial charge in [0.1, 0.15) is 22.8 Å². The zero-order valence-electron chi connectivity index (χ0n) is 13.4. The number of methoxy groups -OCH3 is 2. The summed E-state index contributed by atoms with van der Waals surface area (Å²) in [5, 5.41) is 11.1. The molecule has 0 amide bonds. The molecule has 0 saturated carbocycles. The first kappa shape index (κ1) is 15.7. The molecule has 0 aliphatic heterocycles. The number of allylic oxidation sites excluding steroid dienone is 1. The quantitative estimate of drug-likeness (QED) is 0.553. The first-order valence-electron chi connectivity index (χ1n) is 7.37. The van der Waals surface area contributed by atoms with Crippen LogP contribution in [-0.2, 0) is 0 Å². The molecule has 3 aromatic rings. The molecule has 5 heteroatoms. The number of ether oxygens (including phenoxy) is 2. The van der Waals surface area contributed by atoms with Gasteiger partial charge < -0.3 is 19.6 Å². The molecule has 24 heavy (non-hydrogen) atoms. The van der Waals surface area contributed by atoms with Crippen molar-refractivity contribution in [2.45, 2.75) is 0 Å². The van der Waals surface area contributed by atoms with E-state index in [4.69, 9.17) is 9.47 Å². The van der Waals surface area contributed by atoms with Gasteiger partial charge in [-0.2, -0.15) is 0 Å². The van der Waals surface area contributed by atoms with E-state index in [0.29, 0.717) is 5.75 Å². The Morgan fingerprint density at radius 3 is 2.71 bits per heavy atom. The third kappa shape index (κ3) is 2.84. The van der Waals surface area contributed by atoms with Crippen molar-refractivity contribution in [1.29, 1.82) is 0 Å². The van der Waals surface area contributed by atoms with Crippen LogP contribution in [0.15, 0.2) is 48.7 Å². The Labute approximate surface area is 139 Å². The predicted molar refractivity (Wildman–Crippen MR) is 92.9 cm³/mol. The number of aromatic nitrogens is 1. The van der Waals surface area contributed by atoms with Crippen molar-refractivity contribution < 1.29 is 19.4 Å². The zero-order valence-corrected chi connectivity index (χ0v) is 13.4. The lowest BCUT2D eigenvalue weighted by Gasteiger charge is -2.10. The lowest BCUT2D eigenvalue weighted by atomic mass is 10.1. The molecule has 122 valence electrons. The molecule has 0 bridgehead atoms. The fraction of sp³-hybridized carbons (Fsp3) is 0.105. The van der Waals surface area contributed by atoms with Crippen molar-refractivity contribution in [1.82, 2.24) is 4.98 Å². The van der Waals surface area contributed by atoms with Crippen molar-refractivity contribution in [3.8, 4) is 17.2 Å². The van der Waals surface area contributed by atoms with Crippen LogP contribution in [0, 0.1) is 0 Å². The van der Waals surface area contributed by atoms with E-state index in [1.807, 2.05) is 30.5 Å². The van der Waals surface area contributed by atoms with Crippen LogP contribution in [0.2, 0.25) is 0 Å². The van der Waals surface area contributed by atoms with Crippen LogP contribution in [0.4, 0.5) is 0 Å². The largest absolute Gasteiger partial charge is 0.507 e. The average Bonchev–Trinajstić information content (AvgIpc) is 3.02. The maximum absolute atomic E-state index is 12.5. The van der Waals surface area contributed by atoms with E-state index in [1.165, 1.54) is 26.4 Å². The maximum atomic E-state index is 12.5. The van der Waals surface area contributed by atoms with Gasteiger partial charge in [0.25, 0.3) is 0 Å². The van der Waals surface area contributed by atoms with E-state index in [0.717, 1.165) is 16.5 Å². The van der Waals surface area contributed by atoms with Crippen molar-refractivity contribution in [3.63, 3.8) is 0 Å². The number of nitrogens with one attached hydrogen (secondary N) is 1. The second-order valence-corrected chi connectivity index (χ2v) is 5.21. The predicted octanol–water partition coefficient (Wildman–Crippen LogP) is 3.79. The standard InChI is InChI=1S/C19H17NO4/c1-23-13-9-17(22)19(18(10-13)24-2)16(21)8-7-12-11-20-15-6-4-3-5-14(12)15/h3-11,20,22H,1-2H3/b8-7+. The van der Waals surface area contributed by atoms with E-state index >= 15 is 0 Å². The first-order chi connectivity index (χ1) is 11.6. The Morgan fingerprint density at radius 1 is 1.17 bits per heavy atom. The van der Waals surface area contributed by atoms with Crippen LogP contribution in [0.25, 0.3) is 17.0 Å². The van der Waals surface area contributed by atoms with Crippen molar-refractivity contribution in [2.24, 2.45) is 0 Å². The van der Waals surface area contributed by atoms with Crippen LogP contribution < -0.4 is 9.47 Å². The van der Waals surface area contributed by atoms with Gasteiger partial charge in [0.05, 0.1) is 14.2 Å². The van der Waals surface area contributed by atoms with Crippen LogP contribution in [0.1, 0.15) is 15.9 Å². The highest BCUT2D eigenvalue weighted by Gasteiger charge is 2.17. The number of hydrogen-bond donors (Lipinski definition) is 2. The molecule has 0 aliphatic rings. The Bertz CT molecular complexity index is 924. The van der Waals surface area contributed by atoms with Crippen molar-refractivity contribution >= 4 is 22.8 Å². The number of aromatic hydroxyl groups is 1. The lowest BCUT2D eigenvalue weighted by Crippen LogP contribution is -2.00. The Hall–Kier alpha value is -3.21. The molecule has 0 atom stereocenters. The number of para-hydroxylation sites is 1. The van der Waals surface area contributed by atoms with Crippen LogP contribution in [0.3, 0.4) is 0 Å². The molecule has 0 fully saturated rings. The Kier molecular flexibility index (Phi) is 4.24. The normalized spacial score (nSPS) is 11.1. The number of aromatic amines is 1. The molecular formula is C19H17NO4. The van der Waals surface area contributed by atoms with Crippen molar-refractivity contribution in [3.05, 3.63) is 59.8 Å². The Balaban J connectivity index is 1.95. The number of phenolic OH excluding ortho intramolecular Hbond substituents is 1. The molecule has 0 spiro atoms. The summed E-state index contributed by atoms with van der Waals surface area (Å²) in [5.74, 6) is 0.152. The first-order valence-corrected chi connectivity index (χ1v) is 7.37. The third-order valence-corrected chi connectivity index (χ3v) is 3.79. The number of ketones is 1. The van der Waals surface area contributed by atoms with Gasteiger partial charge in [0.15, 0.2) is 5.78 Å². The van der Waals surface area contributed by atoms with E-state index < -0.39 is 0 Å². The second-order valence-electron chi connectivity index (χ2n) is 5.21. The van der Waals surface area contributed by atoms with Gasteiger partial charge in [0, 0.05) is 29.2 Å². The van der Waals surface area contributed by atoms with Crippen LogP contribution in [0.5, 0.6) is 17.2 Å². The smallest absolute Gasteiger partial charge is 0.193 e. The molecule has 1 aromatic heterocycles. The van der Waals surface area contributed by atoms with Gasteiger partial charge in [-0.3, -0.25) is 4.79 Å². The van der Waals surface area contributed by atoms with E-state index in [9.17, 15) is 9.90 Å². The molecule has 3 rings (SSSR count). The molecule has 0 aliphatic carbocycles. The lowest BCUT2D eigenvalue weighted by molar-refractivity contribution is 0.104. The maximum Gasteiger partial charge on any atom is 0.193 e. The number of rotatable bonds is 5. The molecule has 1 heterocycles. The molecule has 0 unspecified atom stereocenters. The summed E-state index contributed by atoms with van der Waals surface area (Å²) in [4.78, 5) is 15.6. The number of hydrogen-bond acceptors (Lipinski definition) is 4. The minimum atomic E-state index is -0.350. The number of H-pyrrole nitrogens is 1. The highest BCUT2D eigenvalue weighted by Crippen LogP contribution is 2.34. The van der Waals surface area contributed by atoms with Gasteiger partial charge in [-0.25, -0.2) is 0 Å². The molecule has 0 saturated heterocycles. The number of fused-ring (bicyclic) bond motifs is 1. The second kappa shape index (κ2) is 6.50. The minimum Gasteiger partial charge on any atom is -0.507 e. The molecule has 2 N–H and O–H groups in total. The minimum absolute atomic E-state index is 0.106. The average molecular weight is 323 g/mol. The molecule has 0 radical (unpaired) electrons. The number of phenols is 1. The fourth-order valence-corrected chi connectivity index (χ4v) is 2.58. The number of carbonyl (C=O) groups excluding carboxylic acids is 1. The molecule has 5 nitrogen and oxygen atoms in total. The van der Waals surface area contributed by atoms with Gasteiger partial charge in [0.2, 0.25) is 0 Å². The van der Waals surface area contributed by atoms with Gasteiger partial charge in [-0.1, -0.05) is 18.2 Å². The summed E-state index contributed by atoms with van der Waals surface area (Å²) < 4.78 is 10.3. The highest BCUT2D eigenvalue weighted by atomic mass is 16.5. The summed E-state index contributed by atoms with van der Waals surface area (Å²) in [7, 11) is 2.92. The SMILES string of the molecule is COc1cc(O)c(C(=O)/C=C/c2c[nH]c3ccccc23)c(OC)c1. The van der Waals surface area contributed by atoms with Gasteiger partial charge >= 0.3 is 0 Å². The summed E-state index contributed by atoms with van der Waals surface area (Å²) in [5.41, 5.74) is 2.00. The van der Waals surface area contributed by atoms with Crippen LogP contribution in [-0.4, -0.2) is 30.1 Å². The van der Waals surface area contributed by atoms with Gasteiger partial charge in [-0.15, -0.1) is 0 Å². The zero-order chi connectivity index (χ0) is 17.1. The third-order valence-electron chi connectivity index (χ3n) is 3.79. The summed E-state index contributed by atoms with van der Waals surface area (Å²) in [6, 6.07) is 10.8. The monoisotopic (exact) mass is 323 g/mol. The van der Waals surface area contributed by atoms with E-state index in [2.05, 4.69) is 4.98 Å². The molecular weight excluding hydrogens is 306 g/mol. The fourth-order valence-electron chi connectivity index (χ4n) is 2.58. The summed E-state index contributed by atoms with van der Waals surface area (Å²) >= 11 is 0. The van der Waals surface area contributed by atoms with E-state index in [1.54, 1.807) is 12.1 Å². The molecule has 2 aromatic carbocycles. The number of benzene rings is 2. The van der Waals surface area contributed by atoms with Crippen LogP contribution >= 0.6 is 0 Å². The highest BCUT2D eigenvalue weighted by molar-refractivity contribution is 6.11. The summed E-state index contributed by atoms with van der Waals surface area (Å²) in [6.07, 6.45) is 4.96. The van der Waals surface area contributed by atoms with Gasteiger partial charge in [-0.05, 0) is 23.8 Å². The summed E-state index contributed by atoms with van der Waals surface area (Å²) in [6.45, 7) is 0.